The quantitative estimate of drug-likeness (QED) is 0.658. The van der Waals surface area contributed by atoms with Gasteiger partial charge in [-0.1, -0.05) is 6.58 Å². The van der Waals surface area contributed by atoms with Gasteiger partial charge in [0.05, 0.1) is 5.56 Å². The number of rotatable bonds is 1. The van der Waals surface area contributed by atoms with Crippen LogP contribution in [-0.4, -0.2) is 4.98 Å². The second-order valence-corrected chi connectivity index (χ2v) is 2.70. The Bertz CT molecular complexity index is 328. The summed E-state index contributed by atoms with van der Waals surface area (Å²) in [5.74, 6) is 0. The van der Waals surface area contributed by atoms with Gasteiger partial charge in [0.2, 0.25) is 0 Å². The molecule has 0 saturated heterocycles. The molecule has 1 heterocycles. The SMILES string of the molecule is C=C(C)c1cnccc1C(F)(F)F. The fourth-order valence-electron chi connectivity index (χ4n) is 0.982. The van der Waals surface area contributed by atoms with Crippen molar-refractivity contribution in [2.45, 2.75) is 13.1 Å². The molecule has 0 atom stereocenters. The van der Waals surface area contributed by atoms with Gasteiger partial charge in [0.1, 0.15) is 0 Å². The first-order valence-electron chi connectivity index (χ1n) is 3.60. The lowest BCUT2D eigenvalue weighted by Gasteiger charge is -2.11. The van der Waals surface area contributed by atoms with Crippen LogP contribution in [0.5, 0.6) is 0 Å². The van der Waals surface area contributed by atoms with E-state index in [2.05, 4.69) is 11.6 Å². The lowest BCUT2D eigenvalue weighted by Crippen LogP contribution is -2.08. The molecule has 0 unspecified atom stereocenters. The summed E-state index contributed by atoms with van der Waals surface area (Å²) in [5, 5.41) is 0. The van der Waals surface area contributed by atoms with E-state index in [-0.39, 0.29) is 5.56 Å². The summed E-state index contributed by atoms with van der Waals surface area (Å²) in [6.07, 6.45) is -2.04. The zero-order chi connectivity index (χ0) is 10.1. The first-order chi connectivity index (χ1) is 5.93. The summed E-state index contributed by atoms with van der Waals surface area (Å²) in [6, 6.07) is 0.948. The maximum atomic E-state index is 12.3. The van der Waals surface area contributed by atoms with Crippen molar-refractivity contribution in [3.8, 4) is 0 Å². The molecule has 0 spiro atoms. The Balaban J connectivity index is 3.28. The summed E-state index contributed by atoms with van der Waals surface area (Å²) in [6.45, 7) is 4.98. The van der Waals surface area contributed by atoms with Crippen LogP contribution in [0.4, 0.5) is 13.2 Å². The average molecular weight is 187 g/mol. The molecule has 0 aliphatic carbocycles. The van der Waals surface area contributed by atoms with Crippen LogP contribution in [-0.2, 0) is 6.18 Å². The molecule has 1 aromatic heterocycles. The van der Waals surface area contributed by atoms with Gasteiger partial charge >= 0.3 is 6.18 Å². The molecule has 4 heteroatoms. The zero-order valence-corrected chi connectivity index (χ0v) is 7.02. The second-order valence-electron chi connectivity index (χ2n) is 2.70. The van der Waals surface area contributed by atoms with Gasteiger partial charge in [-0.05, 0) is 18.6 Å². The minimum absolute atomic E-state index is 0.0509. The Morgan fingerprint density at radius 1 is 1.46 bits per heavy atom. The smallest absolute Gasteiger partial charge is 0.264 e. The molecule has 0 aliphatic rings. The number of hydrogen-bond donors (Lipinski definition) is 0. The standard InChI is InChI=1S/C9H8F3N/c1-6(2)7-5-13-4-3-8(7)9(10,11)12/h3-5H,1H2,2H3. The van der Waals surface area contributed by atoms with Gasteiger partial charge < -0.3 is 0 Å². The van der Waals surface area contributed by atoms with Gasteiger partial charge in [0, 0.05) is 18.0 Å². The van der Waals surface area contributed by atoms with Crippen LogP contribution >= 0.6 is 0 Å². The highest BCUT2D eigenvalue weighted by atomic mass is 19.4. The molecule has 0 bridgehead atoms. The minimum atomic E-state index is -4.34. The third kappa shape index (κ3) is 2.08. The second kappa shape index (κ2) is 3.20. The fraction of sp³-hybridized carbons (Fsp3) is 0.222. The van der Waals surface area contributed by atoms with E-state index in [1.807, 2.05) is 0 Å². The van der Waals surface area contributed by atoms with Crippen molar-refractivity contribution in [1.29, 1.82) is 0 Å². The third-order valence-electron chi connectivity index (χ3n) is 1.59. The van der Waals surface area contributed by atoms with Crippen molar-refractivity contribution >= 4 is 5.57 Å². The molecule has 0 radical (unpaired) electrons. The maximum absolute atomic E-state index is 12.3. The molecule has 0 fully saturated rings. The van der Waals surface area contributed by atoms with Crippen LogP contribution in [0.2, 0.25) is 0 Å². The molecule has 0 aliphatic heterocycles. The normalized spacial score (nSPS) is 11.4. The van der Waals surface area contributed by atoms with Crippen molar-refractivity contribution in [1.82, 2.24) is 4.98 Å². The number of nitrogens with zero attached hydrogens (tertiary/aromatic N) is 1. The summed E-state index contributed by atoms with van der Waals surface area (Å²) >= 11 is 0. The first kappa shape index (κ1) is 9.77. The molecule has 70 valence electrons. The van der Waals surface area contributed by atoms with Gasteiger partial charge in [-0.2, -0.15) is 13.2 Å². The third-order valence-corrected chi connectivity index (χ3v) is 1.59. The Hall–Kier alpha value is -1.32. The van der Waals surface area contributed by atoms with Crippen LogP contribution < -0.4 is 0 Å². The summed E-state index contributed by atoms with van der Waals surface area (Å²) in [7, 11) is 0. The summed E-state index contributed by atoms with van der Waals surface area (Å²) in [5.41, 5.74) is -0.273. The van der Waals surface area contributed by atoms with Gasteiger partial charge in [-0.15, -0.1) is 0 Å². The van der Waals surface area contributed by atoms with E-state index in [0.29, 0.717) is 5.57 Å². The average Bonchev–Trinajstić information content (AvgIpc) is 2.03. The predicted octanol–water partition coefficient (Wildman–Crippen LogP) is 3.13. The van der Waals surface area contributed by atoms with E-state index in [4.69, 9.17) is 0 Å². The van der Waals surface area contributed by atoms with E-state index < -0.39 is 11.7 Å². The Labute approximate surface area is 73.9 Å². The van der Waals surface area contributed by atoms with Crippen molar-refractivity contribution in [3.05, 3.63) is 36.2 Å². The van der Waals surface area contributed by atoms with Crippen LogP contribution in [0, 0.1) is 0 Å². The fourth-order valence-corrected chi connectivity index (χ4v) is 0.982. The molecule has 0 N–H and O–H groups in total. The zero-order valence-electron chi connectivity index (χ0n) is 7.02. The van der Waals surface area contributed by atoms with Crippen molar-refractivity contribution < 1.29 is 13.2 Å². The first-order valence-corrected chi connectivity index (χ1v) is 3.60. The topological polar surface area (TPSA) is 12.9 Å². The number of aromatic nitrogens is 1. The molecule has 0 amide bonds. The van der Waals surface area contributed by atoms with E-state index in [9.17, 15) is 13.2 Å². The maximum Gasteiger partial charge on any atom is 0.417 e. The number of hydrogen-bond acceptors (Lipinski definition) is 1. The van der Waals surface area contributed by atoms with Crippen molar-refractivity contribution in [3.63, 3.8) is 0 Å². The van der Waals surface area contributed by atoms with Crippen LogP contribution in [0.3, 0.4) is 0 Å². The minimum Gasteiger partial charge on any atom is -0.264 e. The van der Waals surface area contributed by atoms with Crippen LogP contribution in [0.1, 0.15) is 18.1 Å². The molecule has 13 heavy (non-hydrogen) atoms. The summed E-state index contributed by atoms with van der Waals surface area (Å²) < 4.78 is 37.0. The predicted molar refractivity (Wildman–Crippen MR) is 43.9 cm³/mol. The van der Waals surface area contributed by atoms with Gasteiger partial charge in [-0.3, -0.25) is 4.98 Å². The van der Waals surface area contributed by atoms with E-state index in [1.165, 1.54) is 13.1 Å². The Morgan fingerprint density at radius 2 is 2.08 bits per heavy atom. The largest absolute Gasteiger partial charge is 0.417 e. The molecule has 1 rings (SSSR count). The van der Waals surface area contributed by atoms with E-state index in [0.717, 1.165) is 12.3 Å². The van der Waals surface area contributed by atoms with Gasteiger partial charge in [0.15, 0.2) is 0 Å². The summed E-state index contributed by atoms with van der Waals surface area (Å²) in [4.78, 5) is 3.62. The number of halogens is 3. The van der Waals surface area contributed by atoms with Crippen LogP contribution in [0.25, 0.3) is 5.57 Å². The molecule has 0 saturated carbocycles. The van der Waals surface area contributed by atoms with Gasteiger partial charge in [-0.25, -0.2) is 0 Å². The molecular formula is C9H8F3N. The van der Waals surface area contributed by atoms with Crippen molar-refractivity contribution in [2.24, 2.45) is 0 Å². The lowest BCUT2D eigenvalue weighted by molar-refractivity contribution is -0.137. The Morgan fingerprint density at radius 3 is 2.46 bits per heavy atom. The van der Waals surface area contributed by atoms with Crippen LogP contribution in [0.15, 0.2) is 25.0 Å². The lowest BCUT2D eigenvalue weighted by atomic mass is 10.1. The van der Waals surface area contributed by atoms with Crippen molar-refractivity contribution in [2.75, 3.05) is 0 Å². The molecule has 1 aromatic rings. The highest BCUT2D eigenvalue weighted by Gasteiger charge is 2.33. The molecular weight excluding hydrogens is 179 g/mol. The highest BCUT2D eigenvalue weighted by Crippen LogP contribution is 2.33. The van der Waals surface area contributed by atoms with E-state index in [1.54, 1.807) is 0 Å². The Kier molecular flexibility index (Phi) is 2.40. The van der Waals surface area contributed by atoms with Gasteiger partial charge in [0.25, 0.3) is 0 Å². The molecule has 0 aromatic carbocycles. The highest BCUT2D eigenvalue weighted by molar-refractivity contribution is 5.64. The number of pyridine rings is 1. The molecule has 1 nitrogen and oxygen atoms in total. The monoisotopic (exact) mass is 187 g/mol. The van der Waals surface area contributed by atoms with E-state index >= 15 is 0 Å². The number of alkyl halides is 3. The number of allylic oxidation sites excluding steroid dienone is 1.